The van der Waals surface area contributed by atoms with Crippen LogP contribution >= 0.6 is 0 Å². The molecule has 0 aromatic heterocycles. The van der Waals surface area contributed by atoms with Gasteiger partial charge in [-0.2, -0.15) is 0 Å². The van der Waals surface area contributed by atoms with E-state index in [9.17, 15) is 19.5 Å². The van der Waals surface area contributed by atoms with Gasteiger partial charge in [0.1, 0.15) is 19.8 Å². The fourth-order valence-electron chi connectivity index (χ4n) is 4.80. The van der Waals surface area contributed by atoms with Crippen molar-refractivity contribution in [3.8, 4) is 0 Å². The number of aliphatic hydroxyl groups is 1. The average molecular weight is 525 g/mol. The van der Waals surface area contributed by atoms with Crippen LogP contribution in [0.1, 0.15) is 71.6 Å². The molecule has 0 radical (unpaired) electrons. The molecule has 3 N–H and O–H groups in total. The minimum atomic E-state index is -1.04. The first kappa shape index (κ1) is 30.6. The number of amides is 2. The first-order valence-corrected chi connectivity index (χ1v) is 13.3. The maximum absolute atomic E-state index is 12.0. The standard InChI is InChI=1S/C27H44N2O8/c1-18(2)24(30)34-13-15-36-26(32)28-22-9-5-20(6-10-22)17-21-7-11-23(12-8-21)29-27(33)37-16-14-35-25(31)19(3)4/h20-24,30H,1,3,5-17H2,2,4H3,(H,28,32)(H,29,33). The molecule has 2 amide bonds. The van der Waals surface area contributed by atoms with Gasteiger partial charge in [0.05, 0.1) is 6.61 Å². The van der Waals surface area contributed by atoms with Crippen molar-refractivity contribution in [1.82, 2.24) is 10.6 Å². The molecular formula is C27H44N2O8. The van der Waals surface area contributed by atoms with Crippen LogP contribution in [0.4, 0.5) is 9.59 Å². The quantitative estimate of drug-likeness (QED) is 0.0823. The van der Waals surface area contributed by atoms with E-state index in [0.29, 0.717) is 23.0 Å². The Balaban J connectivity index is 1.51. The van der Waals surface area contributed by atoms with Crippen LogP contribution in [0.25, 0.3) is 0 Å². The van der Waals surface area contributed by atoms with Gasteiger partial charge in [0, 0.05) is 17.7 Å². The highest BCUT2D eigenvalue weighted by atomic mass is 16.6. The summed E-state index contributed by atoms with van der Waals surface area (Å²) in [7, 11) is 0. The molecule has 10 nitrogen and oxygen atoms in total. The van der Waals surface area contributed by atoms with Crippen molar-refractivity contribution >= 4 is 18.2 Å². The lowest BCUT2D eigenvalue weighted by molar-refractivity contribution is -0.139. The van der Waals surface area contributed by atoms with Crippen LogP contribution in [-0.2, 0) is 23.7 Å². The van der Waals surface area contributed by atoms with Crippen molar-refractivity contribution in [2.24, 2.45) is 11.8 Å². The molecule has 0 aromatic carbocycles. The van der Waals surface area contributed by atoms with Crippen molar-refractivity contribution in [3.63, 3.8) is 0 Å². The van der Waals surface area contributed by atoms with Crippen LogP contribution < -0.4 is 10.6 Å². The third kappa shape index (κ3) is 12.5. The molecule has 2 saturated carbocycles. The number of esters is 1. The fourth-order valence-corrected chi connectivity index (χ4v) is 4.80. The van der Waals surface area contributed by atoms with E-state index in [2.05, 4.69) is 23.8 Å². The van der Waals surface area contributed by atoms with Gasteiger partial charge in [-0.1, -0.05) is 13.2 Å². The Morgan fingerprint density at radius 1 is 0.757 bits per heavy atom. The first-order valence-electron chi connectivity index (χ1n) is 13.3. The smallest absolute Gasteiger partial charge is 0.407 e. The van der Waals surface area contributed by atoms with Gasteiger partial charge in [-0.05, 0) is 89.0 Å². The fraction of sp³-hybridized carbons (Fsp3) is 0.741. The topological polar surface area (TPSA) is 132 Å². The average Bonchev–Trinajstić information content (AvgIpc) is 2.86. The molecule has 1 unspecified atom stereocenters. The van der Waals surface area contributed by atoms with Crippen LogP contribution in [0.5, 0.6) is 0 Å². The molecule has 2 fully saturated rings. The van der Waals surface area contributed by atoms with Crippen molar-refractivity contribution in [1.29, 1.82) is 0 Å². The number of hydrogen-bond acceptors (Lipinski definition) is 8. The lowest BCUT2D eigenvalue weighted by Crippen LogP contribution is -2.39. The zero-order chi connectivity index (χ0) is 27.2. The molecule has 0 aromatic rings. The monoisotopic (exact) mass is 524 g/mol. The third-order valence-corrected chi connectivity index (χ3v) is 6.92. The van der Waals surface area contributed by atoms with Gasteiger partial charge in [-0.15, -0.1) is 0 Å². The van der Waals surface area contributed by atoms with E-state index in [-0.39, 0.29) is 38.5 Å². The van der Waals surface area contributed by atoms with Crippen molar-refractivity contribution in [2.45, 2.75) is 90.0 Å². The van der Waals surface area contributed by atoms with E-state index in [0.717, 1.165) is 51.4 Å². The van der Waals surface area contributed by atoms with Crippen molar-refractivity contribution < 1.29 is 38.4 Å². The molecular weight excluding hydrogens is 480 g/mol. The van der Waals surface area contributed by atoms with Crippen LogP contribution in [0.3, 0.4) is 0 Å². The summed E-state index contributed by atoms with van der Waals surface area (Å²) in [6.07, 6.45) is 7.28. The van der Waals surface area contributed by atoms with E-state index in [1.807, 2.05) is 0 Å². The molecule has 0 heterocycles. The van der Waals surface area contributed by atoms with Gasteiger partial charge < -0.3 is 34.7 Å². The molecule has 0 aliphatic heterocycles. The number of alkyl carbamates (subject to hydrolysis) is 2. The minimum absolute atomic E-state index is 0.0145. The van der Waals surface area contributed by atoms with Gasteiger partial charge in [-0.25, -0.2) is 14.4 Å². The number of rotatable bonds is 13. The number of ether oxygens (including phenoxy) is 4. The van der Waals surface area contributed by atoms with Gasteiger partial charge in [-0.3, -0.25) is 0 Å². The van der Waals surface area contributed by atoms with Gasteiger partial charge >= 0.3 is 18.2 Å². The zero-order valence-corrected chi connectivity index (χ0v) is 22.3. The number of aliphatic hydroxyl groups excluding tert-OH is 1. The van der Waals surface area contributed by atoms with Gasteiger partial charge in [0.2, 0.25) is 0 Å². The zero-order valence-electron chi connectivity index (χ0n) is 22.3. The van der Waals surface area contributed by atoms with E-state index < -0.39 is 24.4 Å². The summed E-state index contributed by atoms with van der Waals surface area (Å²) in [6, 6.07) is 0.239. The summed E-state index contributed by atoms with van der Waals surface area (Å²) >= 11 is 0. The number of nitrogens with one attached hydrogen (secondary N) is 2. The van der Waals surface area contributed by atoms with Crippen LogP contribution in [0, 0.1) is 11.8 Å². The molecule has 10 heteroatoms. The highest BCUT2D eigenvalue weighted by molar-refractivity contribution is 5.86. The second-order valence-corrected chi connectivity index (χ2v) is 10.2. The molecule has 0 spiro atoms. The first-order chi connectivity index (χ1) is 17.6. The lowest BCUT2D eigenvalue weighted by Gasteiger charge is -2.34. The van der Waals surface area contributed by atoms with Crippen LogP contribution in [0.2, 0.25) is 0 Å². The summed E-state index contributed by atoms with van der Waals surface area (Å²) < 4.78 is 20.2. The SMILES string of the molecule is C=C(C)C(=O)OCCOC(=O)NC1CCC(CC2CCC(NC(=O)OCCOC(O)C(=C)C)CC2)CC1. The minimum Gasteiger partial charge on any atom is -0.459 e. The molecule has 0 saturated heterocycles. The molecule has 2 aliphatic carbocycles. The molecule has 2 aliphatic rings. The predicted octanol–water partition coefficient (Wildman–Crippen LogP) is 3.98. The molecule has 2 rings (SSSR count). The van der Waals surface area contributed by atoms with Crippen molar-refractivity contribution in [3.05, 3.63) is 24.3 Å². The highest BCUT2D eigenvalue weighted by Gasteiger charge is 2.28. The Labute approximate surface area is 220 Å². The summed E-state index contributed by atoms with van der Waals surface area (Å²) in [5.41, 5.74) is 0.813. The normalized spacial score (nSPS) is 24.3. The molecule has 210 valence electrons. The van der Waals surface area contributed by atoms with Gasteiger partial charge in [0.25, 0.3) is 0 Å². The van der Waals surface area contributed by atoms with Crippen molar-refractivity contribution in [2.75, 3.05) is 26.4 Å². The van der Waals surface area contributed by atoms with E-state index in [1.54, 1.807) is 13.8 Å². The summed E-state index contributed by atoms with van der Waals surface area (Å²) in [4.78, 5) is 35.3. The summed E-state index contributed by atoms with van der Waals surface area (Å²) in [5.74, 6) is 0.824. The number of carbonyl (C=O) groups excluding carboxylic acids is 3. The Morgan fingerprint density at radius 2 is 1.19 bits per heavy atom. The lowest BCUT2D eigenvalue weighted by atomic mass is 9.76. The Hall–Kier alpha value is -2.59. The molecule has 37 heavy (non-hydrogen) atoms. The Morgan fingerprint density at radius 3 is 1.62 bits per heavy atom. The Kier molecular flexibility index (Phi) is 13.5. The summed E-state index contributed by atoms with van der Waals surface area (Å²) in [6.45, 7) is 10.5. The van der Waals surface area contributed by atoms with Crippen LogP contribution in [-0.4, -0.2) is 68.1 Å². The number of carbonyl (C=O) groups is 3. The largest absolute Gasteiger partial charge is 0.459 e. The van der Waals surface area contributed by atoms with E-state index in [1.165, 1.54) is 6.42 Å². The highest BCUT2D eigenvalue weighted by Crippen LogP contribution is 2.35. The molecule has 1 atom stereocenters. The van der Waals surface area contributed by atoms with Gasteiger partial charge in [0.15, 0.2) is 6.29 Å². The van der Waals surface area contributed by atoms with Crippen LogP contribution in [0.15, 0.2) is 24.3 Å². The maximum Gasteiger partial charge on any atom is 0.407 e. The predicted molar refractivity (Wildman–Crippen MR) is 138 cm³/mol. The maximum atomic E-state index is 12.0. The second kappa shape index (κ2) is 16.3. The summed E-state index contributed by atoms with van der Waals surface area (Å²) in [5, 5.41) is 15.3. The van der Waals surface area contributed by atoms with E-state index in [4.69, 9.17) is 18.9 Å². The van der Waals surface area contributed by atoms with E-state index >= 15 is 0 Å². The Bertz CT molecular complexity index is 770. The number of hydrogen-bond donors (Lipinski definition) is 3. The second-order valence-electron chi connectivity index (χ2n) is 10.2. The molecule has 0 bridgehead atoms. The third-order valence-electron chi connectivity index (χ3n) is 6.92.